The first-order valence-electron chi connectivity index (χ1n) is 11.6. The smallest absolute Gasteiger partial charge is 0.349 e. The second kappa shape index (κ2) is 9.00. The maximum atomic E-state index is 13.1. The van der Waals surface area contributed by atoms with E-state index in [1.54, 1.807) is 30.5 Å². The highest BCUT2D eigenvalue weighted by Crippen LogP contribution is 2.44. The number of rotatable bonds is 4. The van der Waals surface area contributed by atoms with Crippen molar-refractivity contribution in [2.45, 2.75) is 5.92 Å². The van der Waals surface area contributed by atoms with Crippen LogP contribution in [0.5, 0.6) is 5.75 Å². The van der Waals surface area contributed by atoms with Crippen molar-refractivity contribution >= 4 is 22.9 Å². The van der Waals surface area contributed by atoms with Crippen LogP contribution in [0.4, 0.5) is 0 Å². The van der Waals surface area contributed by atoms with Gasteiger partial charge in [0.25, 0.3) is 5.56 Å². The van der Waals surface area contributed by atoms with Crippen LogP contribution in [0.2, 0.25) is 0 Å². The van der Waals surface area contributed by atoms with Gasteiger partial charge in [0, 0.05) is 22.6 Å². The third-order valence-electron chi connectivity index (χ3n) is 6.28. The fourth-order valence-corrected chi connectivity index (χ4v) is 4.61. The van der Waals surface area contributed by atoms with Crippen LogP contribution in [0.15, 0.2) is 129 Å². The van der Waals surface area contributed by atoms with E-state index in [1.165, 1.54) is 0 Å². The van der Waals surface area contributed by atoms with Gasteiger partial charge < -0.3 is 9.72 Å². The van der Waals surface area contributed by atoms with Gasteiger partial charge in [0.15, 0.2) is 0 Å². The maximum absolute atomic E-state index is 13.1. The number of hydrogen-bond donors (Lipinski definition) is 1. The Labute approximate surface area is 206 Å². The highest BCUT2D eigenvalue weighted by Gasteiger charge is 2.30. The second-order valence-corrected chi connectivity index (χ2v) is 8.47. The van der Waals surface area contributed by atoms with Gasteiger partial charge in [-0.3, -0.25) is 4.79 Å². The molecule has 1 aromatic heterocycles. The van der Waals surface area contributed by atoms with Crippen LogP contribution in [0.25, 0.3) is 16.7 Å². The lowest BCUT2D eigenvalue weighted by Gasteiger charge is -2.29. The first-order chi connectivity index (χ1) is 17.7. The van der Waals surface area contributed by atoms with Gasteiger partial charge >= 0.3 is 5.69 Å². The number of allylic oxidation sites excluding steroid dienone is 1. The van der Waals surface area contributed by atoms with Crippen molar-refractivity contribution < 1.29 is 4.74 Å². The zero-order valence-corrected chi connectivity index (χ0v) is 19.2. The Morgan fingerprint density at radius 3 is 2.25 bits per heavy atom. The summed E-state index contributed by atoms with van der Waals surface area (Å²) in [6, 6.07) is 34.6. The predicted molar refractivity (Wildman–Crippen MR) is 141 cm³/mol. The van der Waals surface area contributed by atoms with Gasteiger partial charge in [0.2, 0.25) is 0 Å². The van der Waals surface area contributed by atoms with Crippen LogP contribution in [0.3, 0.4) is 0 Å². The molecule has 1 N–H and O–H groups in total. The molecular formula is C30H21N3O3. The van der Waals surface area contributed by atoms with E-state index >= 15 is 0 Å². The minimum atomic E-state index is -0.606. The Morgan fingerprint density at radius 2 is 1.44 bits per heavy atom. The van der Waals surface area contributed by atoms with Crippen LogP contribution in [0, 0.1) is 0 Å². The molecule has 0 aliphatic carbocycles. The first-order valence-corrected chi connectivity index (χ1v) is 11.6. The standard InChI is InChI=1S/C30H21N3O3/c34-29-22-15-7-9-17-25(22)32-30(35)33(29)31-19-24-27(20-11-3-1-4-12-20)23-16-8-10-18-26(23)36-28(24)21-13-5-2-6-14-21/h1-19,27H,(H,32,35). The minimum Gasteiger partial charge on any atom is -0.456 e. The molecule has 0 saturated carbocycles. The van der Waals surface area contributed by atoms with E-state index in [-0.39, 0.29) is 5.92 Å². The van der Waals surface area contributed by atoms with Crippen molar-refractivity contribution in [3.05, 3.63) is 152 Å². The van der Waals surface area contributed by atoms with Crippen molar-refractivity contribution in [3.8, 4) is 5.75 Å². The molecule has 6 heteroatoms. The van der Waals surface area contributed by atoms with Crippen molar-refractivity contribution in [3.63, 3.8) is 0 Å². The van der Waals surface area contributed by atoms with Crippen LogP contribution in [0.1, 0.15) is 22.6 Å². The summed E-state index contributed by atoms with van der Waals surface area (Å²) in [4.78, 5) is 28.6. The molecule has 0 radical (unpaired) electrons. The topological polar surface area (TPSA) is 76.5 Å². The molecule has 0 fully saturated rings. The van der Waals surface area contributed by atoms with E-state index in [9.17, 15) is 9.59 Å². The SMILES string of the molecule is O=c1[nH]c2ccccc2c(=O)n1N=CC1=C(c2ccccc2)Oc2ccccc2C1c1ccccc1. The Balaban J connectivity index is 1.60. The molecule has 0 saturated heterocycles. The zero-order chi connectivity index (χ0) is 24.5. The quantitative estimate of drug-likeness (QED) is 0.368. The number of nitrogens with one attached hydrogen (secondary N) is 1. The number of para-hydroxylation sites is 2. The number of aromatic nitrogens is 2. The molecule has 174 valence electrons. The Hall–Kier alpha value is -4.97. The Morgan fingerprint density at radius 1 is 0.778 bits per heavy atom. The average molecular weight is 472 g/mol. The van der Waals surface area contributed by atoms with E-state index in [1.807, 2.05) is 72.8 Å². The lowest BCUT2D eigenvalue weighted by atomic mass is 9.82. The second-order valence-electron chi connectivity index (χ2n) is 8.47. The van der Waals surface area contributed by atoms with Gasteiger partial charge in [0.05, 0.1) is 17.1 Å². The summed E-state index contributed by atoms with van der Waals surface area (Å²) >= 11 is 0. The molecule has 5 aromatic rings. The average Bonchev–Trinajstić information content (AvgIpc) is 2.93. The fraction of sp³-hybridized carbons (Fsp3) is 0.0333. The van der Waals surface area contributed by atoms with Crippen molar-refractivity contribution in [1.29, 1.82) is 0 Å². The Bertz CT molecular complexity index is 1750. The molecule has 1 unspecified atom stereocenters. The molecular weight excluding hydrogens is 450 g/mol. The summed E-state index contributed by atoms with van der Waals surface area (Å²) < 4.78 is 7.28. The summed E-state index contributed by atoms with van der Waals surface area (Å²) in [7, 11) is 0. The van der Waals surface area contributed by atoms with Gasteiger partial charge in [-0.1, -0.05) is 91.0 Å². The van der Waals surface area contributed by atoms with Gasteiger partial charge in [-0.15, -0.1) is 4.68 Å². The number of fused-ring (bicyclic) bond motifs is 2. The molecule has 4 aromatic carbocycles. The molecule has 1 aliphatic rings. The van der Waals surface area contributed by atoms with Crippen LogP contribution >= 0.6 is 0 Å². The zero-order valence-electron chi connectivity index (χ0n) is 19.2. The van der Waals surface area contributed by atoms with Gasteiger partial charge in [0.1, 0.15) is 11.5 Å². The molecule has 0 spiro atoms. The molecule has 1 aliphatic heterocycles. The number of benzene rings is 4. The predicted octanol–water partition coefficient (Wildman–Crippen LogP) is 5.16. The van der Waals surface area contributed by atoms with Crippen LogP contribution in [-0.4, -0.2) is 15.9 Å². The summed E-state index contributed by atoms with van der Waals surface area (Å²) in [6.07, 6.45) is 1.57. The number of ether oxygens (including phenoxy) is 1. The highest BCUT2D eigenvalue weighted by molar-refractivity contribution is 5.94. The lowest BCUT2D eigenvalue weighted by Crippen LogP contribution is -2.32. The molecule has 6 nitrogen and oxygen atoms in total. The van der Waals surface area contributed by atoms with E-state index < -0.39 is 11.2 Å². The van der Waals surface area contributed by atoms with Crippen molar-refractivity contribution in [2.24, 2.45) is 5.10 Å². The summed E-state index contributed by atoms with van der Waals surface area (Å²) in [6.45, 7) is 0. The molecule has 0 amide bonds. The largest absolute Gasteiger partial charge is 0.456 e. The Kier molecular flexibility index (Phi) is 5.39. The lowest BCUT2D eigenvalue weighted by molar-refractivity contribution is 0.489. The number of aromatic amines is 1. The summed E-state index contributed by atoms with van der Waals surface area (Å²) in [5.74, 6) is 1.16. The van der Waals surface area contributed by atoms with Crippen molar-refractivity contribution in [2.75, 3.05) is 0 Å². The normalized spacial score (nSPS) is 15.2. The molecule has 2 heterocycles. The summed E-state index contributed by atoms with van der Waals surface area (Å²) in [5, 5.41) is 4.79. The van der Waals surface area contributed by atoms with E-state index in [0.717, 1.165) is 32.7 Å². The number of H-pyrrole nitrogens is 1. The summed E-state index contributed by atoms with van der Waals surface area (Å²) in [5.41, 5.74) is 3.01. The molecule has 6 rings (SSSR count). The van der Waals surface area contributed by atoms with Crippen LogP contribution < -0.4 is 16.0 Å². The van der Waals surface area contributed by atoms with E-state index in [0.29, 0.717) is 16.7 Å². The minimum absolute atomic E-state index is 0.217. The first kappa shape index (κ1) is 21.6. The van der Waals surface area contributed by atoms with E-state index in [2.05, 4.69) is 22.2 Å². The van der Waals surface area contributed by atoms with Crippen LogP contribution in [-0.2, 0) is 0 Å². The highest BCUT2D eigenvalue weighted by atomic mass is 16.5. The van der Waals surface area contributed by atoms with Gasteiger partial charge in [-0.05, 0) is 23.8 Å². The van der Waals surface area contributed by atoms with E-state index in [4.69, 9.17) is 4.74 Å². The third-order valence-corrected chi connectivity index (χ3v) is 6.28. The third kappa shape index (κ3) is 3.75. The fourth-order valence-electron chi connectivity index (χ4n) is 4.61. The molecule has 36 heavy (non-hydrogen) atoms. The van der Waals surface area contributed by atoms with Gasteiger partial charge in [-0.2, -0.15) is 5.10 Å². The van der Waals surface area contributed by atoms with Gasteiger partial charge in [-0.25, -0.2) is 4.79 Å². The monoisotopic (exact) mass is 471 g/mol. The molecule has 1 atom stereocenters. The van der Waals surface area contributed by atoms with Crippen molar-refractivity contribution in [1.82, 2.24) is 9.66 Å². The molecule has 0 bridgehead atoms. The maximum Gasteiger partial charge on any atom is 0.349 e. The number of hydrogen-bond acceptors (Lipinski definition) is 4. The number of nitrogens with zero attached hydrogens (tertiary/aromatic N) is 2.